The zero-order chi connectivity index (χ0) is 20.1. The van der Waals surface area contributed by atoms with Crippen LogP contribution in [-0.2, 0) is 10.5 Å². The van der Waals surface area contributed by atoms with E-state index in [4.69, 9.17) is 11.6 Å². The van der Waals surface area contributed by atoms with Crippen LogP contribution in [0, 0.1) is 17.3 Å². The van der Waals surface area contributed by atoms with Crippen molar-refractivity contribution in [2.75, 3.05) is 5.32 Å². The number of alkyl halides is 1. The van der Waals surface area contributed by atoms with Gasteiger partial charge in [0.15, 0.2) is 4.34 Å². The van der Waals surface area contributed by atoms with Crippen molar-refractivity contribution < 1.29 is 4.79 Å². The topological polar surface area (TPSA) is 54.9 Å². The van der Waals surface area contributed by atoms with Gasteiger partial charge < -0.3 is 5.32 Å². The standard InChI is InChI=1S/C21H23BrClN3OS2/c22-21-8-14-5-15(9-21)7-20(6-14,12-21)10-17(27)24-18-25-26-19(29-18)28-11-13-1-3-16(23)4-2-13/h1-4,14-15H,5-12H2,(H,24,25,27). The van der Waals surface area contributed by atoms with Crippen LogP contribution in [0.25, 0.3) is 0 Å². The van der Waals surface area contributed by atoms with E-state index in [9.17, 15) is 4.79 Å². The third-order valence-electron chi connectivity index (χ3n) is 6.57. The van der Waals surface area contributed by atoms with Crippen molar-refractivity contribution in [3.05, 3.63) is 34.9 Å². The van der Waals surface area contributed by atoms with Crippen molar-refractivity contribution in [3.8, 4) is 0 Å². The molecule has 1 aromatic heterocycles. The Balaban J connectivity index is 1.17. The minimum absolute atomic E-state index is 0.0912. The number of thioether (sulfide) groups is 1. The van der Waals surface area contributed by atoms with Gasteiger partial charge in [-0.1, -0.05) is 62.8 Å². The zero-order valence-electron chi connectivity index (χ0n) is 16.0. The number of aromatic nitrogens is 2. The molecule has 2 unspecified atom stereocenters. The van der Waals surface area contributed by atoms with Crippen LogP contribution in [0.5, 0.6) is 0 Å². The summed E-state index contributed by atoms with van der Waals surface area (Å²) in [5, 5.41) is 12.8. The highest BCUT2D eigenvalue weighted by atomic mass is 79.9. The zero-order valence-corrected chi connectivity index (χ0v) is 20.0. The summed E-state index contributed by atoms with van der Waals surface area (Å²) in [5.41, 5.74) is 1.36. The first kappa shape index (κ1) is 20.3. The normalized spacial score (nSPS) is 32.5. The summed E-state index contributed by atoms with van der Waals surface area (Å²) in [6, 6.07) is 7.82. The molecular formula is C21H23BrClN3OS2. The summed E-state index contributed by atoms with van der Waals surface area (Å²) >= 11 is 13.0. The van der Waals surface area contributed by atoms with Crippen LogP contribution in [0.15, 0.2) is 28.6 Å². The van der Waals surface area contributed by atoms with Gasteiger partial charge >= 0.3 is 0 Å². The summed E-state index contributed by atoms with van der Waals surface area (Å²) < 4.78 is 1.15. The maximum atomic E-state index is 12.8. The lowest BCUT2D eigenvalue weighted by molar-refractivity contribution is -0.123. The molecule has 0 spiro atoms. The molecule has 4 bridgehead atoms. The Hall–Kier alpha value is -0.630. The molecule has 1 N–H and O–H groups in total. The predicted molar refractivity (Wildman–Crippen MR) is 123 cm³/mol. The molecule has 8 heteroatoms. The fourth-order valence-corrected chi connectivity index (χ4v) is 9.45. The minimum atomic E-state index is 0.0912. The molecule has 2 aromatic rings. The van der Waals surface area contributed by atoms with Gasteiger partial charge in [-0.2, -0.15) is 0 Å². The lowest BCUT2D eigenvalue weighted by Gasteiger charge is -2.60. The van der Waals surface area contributed by atoms with Crippen LogP contribution in [0.2, 0.25) is 5.02 Å². The van der Waals surface area contributed by atoms with E-state index in [1.54, 1.807) is 11.8 Å². The second-order valence-corrected chi connectivity index (χ2v) is 13.4. The first-order chi connectivity index (χ1) is 13.9. The molecule has 0 radical (unpaired) electrons. The molecule has 0 saturated heterocycles. The highest BCUT2D eigenvalue weighted by molar-refractivity contribution is 9.10. The van der Waals surface area contributed by atoms with Crippen molar-refractivity contribution in [2.24, 2.45) is 17.3 Å². The fourth-order valence-electron chi connectivity index (χ4n) is 6.09. The molecule has 6 rings (SSSR count). The second-order valence-electron chi connectivity index (χ2n) is 9.13. The molecule has 4 aliphatic carbocycles. The number of nitrogens with zero attached hydrogens (tertiary/aromatic N) is 2. The van der Waals surface area contributed by atoms with E-state index in [0.29, 0.717) is 11.6 Å². The van der Waals surface area contributed by atoms with Gasteiger partial charge in [-0.15, -0.1) is 10.2 Å². The van der Waals surface area contributed by atoms with Gasteiger partial charge in [-0.3, -0.25) is 4.79 Å². The van der Waals surface area contributed by atoms with Crippen LogP contribution in [0.4, 0.5) is 5.13 Å². The molecule has 4 nitrogen and oxygen atoms in total. The molecule has 154 valence electrons. The van der Waals surface area contributed by atoms with Gasteiger partial charge in [0.25, 0.3) is 0 Å². The average molecular weight is 513 g/mol. The molecular weight excluding hydrogens is 490 g/mol. The smallest absolute Gasteiger partial charge is 0.226 e. The van der Waals surface area contributed by atoms with E-state index in [0.717, 1.165) is 33.4 Å². The number of hydrogen-bond donors (Lipinski definition) is 1. The number of carbonyl (C=O) groups is 1. The van der Waals surface area contributed by atoms with Gasteiger partial charge in [-0.05, 0) is 73.5 Å². The van der Waals surface area contributed by atoms with Crippen LogP contribution in [0.3, 0.4) is 0 Å². The molecule has 1 heterocycles. The van der Waals surface area contributed by atoms with Crippen molar-refractivity contribution in [2.45, 2.75) is 59.4 Å². The van der Waals surface area contributed by atoms with Gasteiger partial charge in [-0.25, -0.2) is 0 Å². The highest BCUT2D eigenvalue weighted by Gasteiger charge is 2.57. The molecule has 1 amide bonds. The van der Waals surface area contributed by atoms with E-state index in [1.807, 2.05) is 24.3 Å². The summed E-state index contributed by atoms with van der Waals surface area (Å²) in [4.78, 5) is 12.8. The fraction of sp³-hybridized carbons (Fsp3) is 0.571. The Bertz CT molecular complexity index is 905. The van der Waals surface area contributed by atoms with Crippen molar-refractivity contribution in [1.29, 1.82) is 0 Å². The number of amides is 1. The van der Waals surface area contributed by atoms with Crippen LogP contribution >= 0.6 is 50.6 Å². The maximum Gasteiger partial charge on any atom is 0.226 e. The van der Waals surface area contributed by atoms with E-state index < -0.39 is 0 Å². The number of carbonyl (C=O) groups excluding carboxylic acids is 1. The highest BCUT2D eigenvalue weighted by Crippen LogP contribution is 2.65. The quantitative estimate of drug-likeness (QED) is 0.271. The Labute approximate surface area is 192 Å². The van der Waals surface area contributed by atoms with E-state index in [2.05, 4.69) is 31.4 Å². The molecule has 4 fully saturated rings. The third kappa shape index (κ3) is 4.53. The number of anilines is 1. The van der Waals surface area contributed by atoms with Crippen LogP contribution in [0.1, 0.15) is 50.5 Å². The van der Waals surface area contributed by atoms with Crippen LogP contribution < -0.4 is 5.32 Å². The van der Waals surface area contributed by atoms with Gasteiger partial charge in [0, 0.05) is 21.5 Å². The Morgan fingerprint density at radius 1 is 1.21 bits per heavy atom. The molecule has 0 aliphatic heterocycles. The number of nitrogens with one attached hydrogen (secondary N) is 1. The van der Waals surface area contributed by atoms with E-state index in [-0.39, 0.29) is 15.6 Å². The molecule has 29 heavy (non-hydrogen) atoms. The number of halogens is 2. The second kappa shape index (κ2) is 7.81. The number of hydrogen-bond acceptors (Lipinski definition) is 5. The molecule has 4 aliphatic rings. The summed E-state index contributed by atoms with van der Waals surface area (Å²) in [6.45, 7) is 0. The monoisotopic (exact) mass is 511 g/mol. The average Bonchev–Trinajstić information content (AvgIpc) is 3.05. The first-order valence-corrected chi connectivity index (χ1v) is 13.1. The number of benzene rings is 1. The lowest BCUT2D eigenvalue weighted by atomic mass is 9.48. The molecule has 2 atom stereocenters. The van der Waals surface area contributed by atoms with Crippen LogP contribution in [-0.4, -0.2) is 20.4 Å². The maximum absolute atomic E-state index is 12.8. The molecule has 4 saturated carbocycles. The minimum Gasteiger partial charge on any atom is -0.300 e. The third-order valence-corrected chi connectivity index (χ3v) is 9.80. The van der Waals surface area contributed by atoms with Crippen molar-refractivity contribution >= 4 is 61.7 Å². The molecule has 1 aromatic carbocycles. The van der Waals surface area contributed by atoms with E-state index in [1.165, 1.54) is 49.0 Å². The predicted octanol–water partition coefficient (Wildman–Crippen LogP) is 6.55. The van der Waals surface area contributed by atoms with Crippen molar-refractivity contribution in [1.82, 2.24) is 10.2 Å². The SMILES string of the molecule is O=C(CC12CC3CC(CC(Br)(C3)C1)C2)Nc1nnc(SCc2ccc(Cl)cc2)s1. The summed E-state index contributed by atoms with van der Waals surface area (Å²) in [6.07, 6.45) is 8.11. The first-order valence-electron chi connectivity index (χ1n) is 10.1. The number of rotatable bonds is 6. The Kier molecular flexibility index (Phi) is 5.46. The van der Waals surface area contributed by atoms with Gasteiger partial charge in [0.1, 0.15) is 0 Å². The summed E-state index contributed by atoms with van der Waals surface area (Å²) in [5.74, 6) is 2.48. The largest absolute Gasteiger partial charge is 0.300 e. The lowest BCUT2D eigenvalue weighted by Crippen LogP contribution is -2.53. The summed E-state index contributed by atoms with van der Waals surface area (Å²) in [7, 11) is 0. The van der Waals surface area contributed by atoms with Gasteiger partial charge in [0.2, 0.25) is 11.0 Å². The Morgan fingerprint density at radius 2 is 1.93 bits per heavy atom. The van der Waals surface area contributed by atoms with Gasteiger partial charge in [0.05, 0.1) is 0 Å². The van der Waals surface area contributed by atoms with E-state index >= 15 is 0 Å². The Morgan fingerprint density at radius 3 is 2.62 bits per heavy atom. The van der Waals surface area contributed by atoms with Crippen molar-refractivity contribution in [3.63, 3.8) is 0 Å².